The van der Waals surface area contributed by atoms with Crippen molar-refractivity contribution >= 4 is 16.7 Å². The van der Waals surface area contributed by atoms with Crippen molar-refractivity contribution in [2.75, 3.05) is 13.1 Å². The van der Waals surface area contributed by atoms with E-state index in [0.717, 1.165) is 54.8 Å². The third-order valence-electron chi connectivity index (χ3n) is 5.75. The van der Waals surface area contributed by atoms with E-state index in [1.54, 1.807) is 6.20 Å². The lowest BCUT2D eigenvalue weighted by Crippen LogP contribution is -2.39. The highest BCUT2D eigenvalue weighted by molar-refractivity contribution is 6.05. The summed E-state index contributed by atoms with van der Waals surface area (Å²) in [5.41, 5.74) is 0.566. The Hall–Kier alpha value is -2.76. The number of fused-ring (bicyclic) bond motifs is 1. The zero-order valence-corrected chi connectivity index (χ0v) is 15.3. The quantitative estimate of drug-likeness (QED) is 0.773. The average Bonchev–Trinajstić information content (AvgIpc) is 3.47. The number of rotatable bonds is 4. The van der Waals surface area contributed by atoms with Gasteiger partial charge in [0.05, 0.1) is 0 Å². The number of piperidine rings is 1. The predicted octanol–water partition coefficient (Wildman–Crippen LogP) is 3.33. The monoisotopic (exact) mass is 361 g/mol. The Morgan fingerprint density at radius 2 is 1.93 bits per heavy atom. The molecule has 0 atom stereocenters. The molecule has 1 saturated heterocycles. The first-order valence-corrected chi connectivity index (χ1v) is 9.82. The number of aromatic amines is 1. The zero-order chi connectivity index (χ0) is 18.2. The minimum Gasteiger partial charge on any atom is -0.337 e. The Morgan fingerprint density at radius 1 is 1.11 bits per heavy atom. The molecule has 0 bridgehead atoms. The summed E-state index contributed by atoms with van der Waals surface area (Å²) in [6.45, 7) is 1.55. The number of amides is 1. The maximum absolute atomic E-state index is 13.0. The van der Waals surface area contributed by atoms with E-state index < -0.39 is 0 Å². The molecule has 0 spiro atoms. The largest absolute Gasteiger partial charge is 0.337 e. The highest BCUT2D eigenvalue weighted by Crippen LogP contribution is 2.38. The van der Waals surface area contributed by atoms with Crippen LogP contribution in [0.2, 0.25) is 0 Å². The van der Waals surface area contributed by atoms with E-state index in [4.69, 9.17) is 0 Å². The standard InChI is InChI=1S/C21H23N5O/c27-21(19-17-4-2-1-3-15(17)7-10-22-19)26-11-8-14(9-12-26)13-18-23-20(25-24-18)16-5-6-16/h1-4,7,10,14,16H,5-6,8-9,11-13H2,(H,23,24,25). The number of H-pyrrole nitrogens is 1. The number of nitrogens with one attached hydrogen (secondary N) is 1. The normalized spacial score (nSPS) is 18.1. The van der Waals surface area contributed by atoms with Crippen LogP contribution < -0.4 is 0 Å². The van der Waals surface area contributed by atoms with Gasteiger partial charge in [0.2, 0.25) is 0 Å². The van der Waals surface area contributed by atoms with E-state index in [1.165, 1.54) is 12.8 Å². The summed E-state index contributed by atoms with van der Waals surface area (Å²) in [6, 6.07) is 9.89. The number of hydrogen-bond acceptors (Lipinski definition) is 4. The van der Waals surface area contributed by atoms with Crippen molar-refractivity contribution in [1.29, 1.82) is 0 Å². The van der Waals surface area contributed by atoms with Crippen LogP contribution in [-0.2, 0) is 6.42 Å². The SMILES string of the molecule is O=C(c1nccc2ccccc12)N1CCC(Cc2nc(C3CC3)n[nH]2)CC1. The van der Waals surface area contributed by atoms with E-state index in [9.17, 15) is 4.79 Å². The van der Waals surface area contributed by atoms with Crippen LogP contribution in [0.4, 0.5) is 0 Å². The molecule has 6 nitrogen and oxygen atoms in total. The Kier molecular flexibility index (Phi) is 4.11. The van der Waals surface area contributed by atoms with Crippen LogP contribution in [0.25, 0.3) is 10.8 Å². The van der Waals surface area contributed by atoms with E-state index >= 15 is 0 Å². The van der Waals surface area contributed by atoms with E-state index in [0.29, 0.717) is 17.5 Å². The third-order valence-corrected chi connectivity index (χ3v) is 5.75. The fraction of sp³-hybridized carbons (Fsp3) is 0.429. The molecular formula is C21H23N5O. The summed E-state index contributed by atoms with van der Waals surface area (Å²) in [7, 11) is 0. The van der Waals surface area contributed by atoms with Gasteiger partial charge in [0.25, 0.3) is 5.91 Å². The van der Waals surface area contributed by atoms with Gasteiger partial charge >= 0.3 is 0 Å². The molecule has 1 aliphatic heterocycles. The van der Waals surface area contributed by atoms with Crippen LogP contribution in [-0.4, -0.2) is 44.1 Å². The first-order chi connectivity index (χ1) is 13.3. The van der Waals surface area contributed by atoms with Crippen LogP contribution in [0.1, 0.15) is 53.7 Å². The summed E-state index contributed by atoms with van der Waals surface area (Å²) >= 11 is 0. The van der Waals surface area contributed by atoms with Gasteiger partial charge in [-0.05, 0) is 43.1 Å². The molecule has 2 aromatic heterocycles. The van der Waals surface area contributed by atoms with Crippen LogP contribution in [0, 0.1) is 5.92 Å². The smallest absolute Gasteiger partial charge is 0.273 e. The number of benzene rings is 1. The Morgan fingerprint density at radius 3 is 2.74 bits per heavy atom. The van der Waals surface area contributed by atoms with Gasteiger partial charge in [-0.3, -0.25) is 14.9 Å². The topological polar surface area (TPSA) is 74.8 Å². The molecule has 6 heteroatoms. The van der Waals surface area contributed by atoms with Crippen molar-refractivity contribution in [1.82, 2.24) is 25.1 Å². The number of hydrogen-bond donors (Lipinski definition) is 1. The molecule has 0 unspecified atom stereocenters. The van der Waals surface area contributed by atoms with Crippen molar-refractivity contribution in [3.05, 3.63) is 53.9 Å². The molecule has 2 aliphatic rings. The average molecular weight is 361 g/mol. The predicted molar refractivity (Wildman–Crippen MR) is 102 cm³/mol. The van der Waals surface area contributed by atoms with Crippen LogP contribution in [0.5, 0.6) is 0 Å². The first-order valence-electron chi connectivity index (χ1n) is 9.82. The summed E-state index contributed by atoms with van der Waals surface area (Å²) in [5, 5.41) is 9.44. The maximum Gasteiger partial charge on any atom is 0.273 e. The molecule has 5 rings (SSSR count). The number of carbonyl (C=O) groups excluding carboxylic acids is 1. The van der Waals surface area contributed by atoms with E-state index in [2.05, 4.69) is 20.2 Å². The van der Waals surface area contributed by atoms with Crippen molar-refractivity contribution in [2.24, 2.45) is 5.92 Å². The second-order valence-corrected chi connectivity index (χ2v) is 7.73. The number of carbonyl (C=O) groups is 1. The lowest BCUT2D eigenvalue weighted by atomic mass is 9.93. The molecule has 27 heavy (non-hydrogen) atoms. The highest BCUT2D eigenvalue weighted by atomic mass is 16.2. The Labute approximate surface area is 158 Å². The van der Waals surface area contributed by atoms with Gasteiger partial charge in [-0.15, -0.1) is 0 Å². The van der Waals surface area contributed by atoms with Gasteiger partial charge in [0.15, 0.2) is 5.82 Å². The second kappa shape index (κ2) is 6.76. The van der Waals surface area contributed by atoms with Crippen LogP contribution in [0.15, 0.2) is 36.5 Å². The lowest BCUT2D eigenvalue weighted by Gasteiger charge is -2.31. The third kappa shape index (κ3) is 3.31. The van der Waals surface area contributed by atoms with Crippen molar-refractivity contribution in [3.63, 3.8) is 0 Å². The number of likely N-dealkylation sites (tertiary alicyclic amines) is 1. The van der Waals surface area contributed by atoms with Gasteiger partial charge < -0.3 is 4.90 Å². The van der Waals surface area contributed by atoms with Gasteiger partial charge in [-0.2, -0.15) is 5.10 Å². The van der Waals surface area contributed by atoms with Gasteiger partial charge in [0, 0.05) is 37.0 Å². The van der Waals surface area contributed by atoms with Crippen molar-refractivity contribution < 1.29 is 4.79 Å². The second-order valence-electron chi connectivity index (χ2n) is 7.73. The van der Waals surface area contributed by atoms with E-state index in [-0.39, 0.29) is 5.91 Å². The molecule has 3 heterocycles. The molecule has 3 aromatic rings. The number of pyridine rings is 1. The summed E-state index contributed by atoms with van der Waals surface area (Å²) in [6.07, 6.45) is 7.09. The molecule has 1 aromatic carbocycles. The Balaban J connectivity index is 1.23. The van der Waals surface area contributed by atoms with Gasteiger partial charge in [-0.1, -0.05) is 24.3 Å². The van der Waals surface area contributed by atoms with Crippen molar-refractivity contribution in [3.8, 4) is 0 Å². The molecule has 2 fully saturated rings. The minimum atomic E-state index is 0.0425. The zero-order valence-electron chi connectivity index (χ0n) is 15.3. The maximum atomic E-state index is 13.0. The Bertz CT molecular complexity index is 964. The minimum absolute atomic E-state index is 0.0425. The molecule has 1 aliphatic carbocycles. The highest BCUT2D eigenvalue weighted by Gasteiger charge is 2.29. The fourth-order valence-corrected chi connectivity index (χ4v) is 3.98. The van der Waals surface area contributed by atoms with Crippen molar-refractivity contribution in [2.45, 2.75) is 38.0 Å². The summed E-state index contributed by atoms with van der Waals surface area (Å²) in [4.78, 5) is 24.0. The van der Waals surface area contributed by atoms with Gasteiger partial charge in [0.1, 0.15) is 11.5 Å². The number of nitrogens with zero attached hydrogens (tertiary/aromatic N) is 4. The number of aromatic nitrogens is 4. The van der Waals surface area contributed by atoms with Crippen LogP contribution in [0.3, 0.4) is 0 Å². The molecule has 138 valence electrons. The summed E-state index contributed by atoms with van der Waals surface area (Å²) < 4.78 is 0. The molecule has 1 N–H and O–H groups in total. The van der Waals surface area contributed by atoms with Gasteiger partial charge in [-0.25, -0.2) is 4.98 Å². The molecule has 0 radical (unpaired) electrons. The molecular weight excluding hydrogens is 338 g/mol. The summed E-state index contributed by atoms with van der Waals surface area (Å²) in [5.74, 6) is 3.16. The fourth-order valence-electron chi connectivity index (χ4n) is 3.98. The van der Waals surface area contributed by atoms with E-state index in [1.807, 2.05) is 35.2 Å². The lowest BCUT2D eigenvalue weighted by molar-refractivity contribution is 0.0686. The first kappa shape index (κ1) is 16.4. The molecule has 1 saturated carbocycles. The van der Waals surface area contributed by atoms with Crippen LogP contribution >= 0.6 is 0 Å². The molecule has 1 amide bonds.